The molecular formula is C25H24ClNO5. The maximum Gasteiger partial charge on any atom is 0.351 e. The molecule has 0 aliphatic carbocycles. The molecule has 0 fully saturated rings. The zero-order valence-corrected chi connectivity index (χ0v) is 18.7. The molecule has 1 atom stereocenters. The van der Waals surface area contributed by atoms with Crippen molar-refractivity contribution in [2.45, 2.75) is 32.9 Å². The lowest BCUT2D eigenvalue weighted by Crippen LogP contribution is -2.38. The van der Waals surface area contributed by atoms with Crippen LogP contribution in [-0.2, 0) is 22.5 Å². The number of aryl methyl sites for hydroxylation is 2. The van der Waals surface area contributed by atoms with Crippen LogP contribution in [0.3, 0.4) is 0 Å². The molecule has 4 rings (SSSR count). The van der Waals surface area contributed by atoms with Gasteiger partial charge in [0.2, 0.25) is 11.9 Å². The van der Waals surface area contributed by atoms with E-state index in [1.54, 1.807) is 18.2 Å². The van der Waals surface area contributed by atoms with Gasteiger partial charge in [-0.25, -0.2) is 4.79 Å². The number of rotatable bonds is 7. The number of carbonyl (C=O) groups excluding carboxylic acids is 2. The van der Waals surface area contributed by atoms with E-state index in [-0.39, 0.29) is 19.0 Å². The van der Waals surface area contributed by atoms with Gasteiger partial charge in [0.25, 0.3) is 0 Å². The van der Waals surface area contributed by atoms with Gasteiger partial charge in [0.15, 0.2) is 18.1 Å². The quantitative estimate of drug-likeness (QED) is 0.387. The van der Waals surface area contributed by atoms with Crippen LogP contribution in [-0.4, -0.2) is 35.6 Å². The Hall–Kier alpha value is -3.25. The molecule has 2 heterocycles. The average Bonchev–Trinajstić information content (AvgIpc) is 3.09. The molecule has 0 unspecified atom stereocenters. The highest BCUT2D eigenvalue weighted by Gasteiger charge is 2.29. The van der Waals surface area contributed by atoms with Crippen LogP contribution < -0.4 is 9.47 Å². The minimum atomic E-state index is -0.899. The highest BCUT2D eigenvalue weighted by Crippen LogP contribution is 2.31. The van der Waals surface area contributed by atoms with E-state index in [0.29, 0.717) is 22.1 Å². The molecule has 1 aromatic heterocycles. The van der Waals surface area contributed by atoms with Gasteiger partial charge in [-0.3, -0.25) is 4.79 Å². The zero-order valence-electron chi connectivity index (χ0n) is 18.0. The van der Waals surface area contributed by atoms with E-state index in [1.165, 1.54) is 5.56 Å². The van der Waals surface area contributed by atoms with Crippen molar-refractivity contribution in [2.24, 2.45) is 0 Å². The van der Waals surface area contributed by atoms with Gasteiger partial charge in [-0.05, 0) is 56.2 Å². The van der Waals surface area contributed by atoms with Crippen LogP contribution in [0.4, 0.5) is 0 Å². The van der Waals surface area contributed by atoms with Crippen LogP contribution in [0.1, 0.15) is 27.3 Å². The lowest BCUT2D eigenvalue weighted by atomic mass is 10.1. The van der Waals surface area contributed by atoms with E-state index in [2.05, 4.69) is 4.57 Å². The molecule has 0 radical (unpaired) electrons. The lowest BCUT2D eigenvalue weighted by molar-refractivity contribution is -0.153. The molecule has 0 bridgehead atoms. The van der Waals surface area contributed by atoms with Crippen LogP contribution in [0.2, 0.25) is 5.02 Å². The Morgan fingerprint density at radius 3 is 2.56 bits per heavy atom. The summed E-state index contributed by atoms with van der Waals surface area (Å²) in [7, 11) is 0. The lowest BCUT2D eigenvalue weighted by Gasteiger charge is -2.24. The third-order valence-electron chi connectivity index (χ3n) is 5.53. The third kappa shape index (κ3) is 4.81. The Labute approximate surface area is 191 Å². The number of hydrogen-bond acceptors (Lipinski definition) is 5. The number of carbonyl (C=O) groups is 2. The molecule has 0 amide bonds. The predicted octanol–water partition coefficient (Wildman–Crippen LogP) is 4.57. The molecule has 7 heteroatoms. The van der Waals surface area contributed by atoms with Gasteiger partial charge in [-0.1, -0.05) is 35.9 Å². The number of fused-ring (bicyclic) bond motifs is 1. The summed E-state index contributed by atoms with van der Waals surface area (Å²) in [6.45, 7) is 4.30. The van der Waals surface area contributed by atoms with E-state index < -0.39 is 12.1 Å². The van der Waals surface area contributed by atoms with Crippen molar-refractivity contribution in [1.82, 2.24) is 4.57 Å². The highest BCUT2D eigenvalue weighted by molar-refractivity contribution is 6.30. The zero-order chi connectivity index (χ0) is 22.7. The summed E-state index contributed by atoms with van der Waals surface area (Å²) in [5.41, 5.74) is 3.55. The van der Waals surface area contributed by atoms with Gasteiger partial charge in [0.1, 0.15) is 6.61 Å². The van der Waals surface area contributed by atoms with Crippen molar-refractivity contribution in [3.05, 3.63) is 82.1 Å². The summed E-state index contributed by atoms with van der Waals surface area (Å²) in [6, 6.07) is 16.7. The van der Waals surface area contributed by atoms with E-state index in [1.807, 2.05) is 50.2 Å². The van der Waals surface area contributed by atoms with Crippen molar-refractivity contribution in [2.75, 3.05) is 13.2 Å². The number of esters is 1. The molecule has 6 nitrogen and oxygen atoms in total. The summed E-state index contributed by atoms with van der Waals surface area (Å²) in [5, 5.41) is 0.707. The minimum Gasteiger partial charge on any atom is -0.485 e. The largest absolute Gasteiger partial charge is 0.485 e. The van der Waals surface area contributed by atoms with Gasteiger partial charge in [-0.2, -0.15) is 0 Å². The monoisotopic (exact) mass is 453 g/mol. The van der Waals surface area contributed by atoms with Crippen LogP contribution >= 0.6 is 11.6 Å². The normalized spacial score (nSPS) is 14.8. The van der Waals surface area contributed by atoms with Crippen LogP contribution in [0, 0.1) is 13.8 Å². The topological polar surface area (TPSA) is 66.8 Å². The fraction of sp³-hybridized carbons (Fsp3) is 0.280. The van der Waals surface area contributed by atoms with E-state index in [0.717, 1.165) is 24.4 Å². The van der Waals surface area contributed by atoms with Crippen LogP contribution in [0.5, 0.6) is 11.5 Å². The highest BCUT2D eigenvalue weighted by atomic mass is 35.5. The molecule has 32 heavy (non-hydrogen) atoms. The van der Waals surface area contributed by atoms with Crippen molar-refractivity contribution in [3.63, 3.8) is 0 Å². The summed E-state index contributed by atoms with van der Waals surface area (Å²) in [5.74, 6) is 0.195. The molecular weight excluding hydrogens is 430 g/mol. The van der Waals surface area contributed by atoms with Crippen LogP contribution in [0.25, 0.3) is 0 Å². The smallest absolute Gasteiger partial charge is 0.351 e. The number of para-hydroxylation sites is 2. The van der Waals surface area contributed by atoms with Gasteiger partial charge in [-0.15, -0.1) is 0 Å². The molecule has 1 aliphatic rings. The SMILES string of the molecule is Cc1cc(C(=O)COC(=O)[C@@H]2COc3ccccc3O2)c(C)n1CCc1ccc(Cl)cc1. The van der Waals surface area contributed by atoms with Crippen molar-refractivity contribution in [3.8, 4) is 11.5 Å². The van der Waals surface area contributed by atoms with Gasteiger partial charge in [0, 0.05) is 28.5 Å². The predicted molar refractivity (Wildman–Crippen MR) is 121 cm³/mol. The first kappa shape index (κ1) is 22.0. The average molecular weight is 454 g/mol. The number of benzene rings is 2. The first-order valence-corrected chi connectivity index (χ1v) is 10.8. The summed E-state index contributed by atoms with van der Waals surface area (Å²) in [6.07, 6.45) is -0.0825. The molecule has 2 aromatic carbocycles. The van der Waals surface area contributed by atoms with Crippen LogP contribution in [0.15, 0.2) is 54.6 Å². The summed E-state index contributed by atoms with van der Waals surface area (Å²) >= 11 is 5.95. The Morgan fingerprint density at radius 1 is 1.09 bits per heavy atom. The number of ketones is 1. The number of halogens is 1. The Balaban J connectivity index is 1.35. The van der Waals surface area contributed by atoms with Crippen molar-refractivity contribution in [1.29, 1.82) is 0 Å². The Kier molecular flexibility index (Phi) is 6.51. The Morgan fingerprint density at radius 2 is 1.81 bits per heavy atom. The second kappa shape index (κ2) is 9.49. The molecule has 1 aliphatic heterocycles. The van der Waals surface area contributed by atoms with Gasteiger partial charge >= 0.3 is 5.97 Å². The van der Waals surface area contributed by atoms with Gasteiger partial charge in [0.05, 0.1) is 0 Å². The first-order valence-electron chi connectivity index (χ1n) is 10.4. The fourth-order valence-corrected chi connectivity index (χ4v) is 3.89. The number of nitrogens with zero attached hydrogens (tertiary/aromatic N) is 1. The molecule has 0 saturated carbocycles. The first-order chi connectivity index (χ1) is 15.4. The van der Waals surface area contributed by atoms with Crippen molar-refractivity contribution < 1.29 is 23.8 Å². The number of hydrogen-bond donors (Lipinski definition) is 0. The molecule has 166 valence electrons. The number of Topliss-reactive ketones (excluding diaryl/α,β-unsaturated/α-hetero) is 1. The molecule has 0 spiro atoms. The Bertz CT molecular complexity index is 1140. The van der Waals surface area contributed by atoms with E-state index >= 15 is 0 Å². The van der Waals surface area contributed by atoms with Crippen molar-refractivity contribution >= 4 is 23.4 Å². The number of ether oxygens (including phenoxy) is 3. The van der Waals surface area contributed by atoms with E-state index in [9.17, 15) is 9.59 Å². The second-order valence-electron chi connectivity index (χ2n) is 7.71. The maximum absolute atomic E-state index is 12.8. The third-order valence-corrected chi connectivity index (χ3v) is 5.78. The number of aromatic nitrogens is 1. The molecule has 0 saturated heterocycles. The molecule has 0 N–H and O–H groups in total. The maximum atomic E-state index is 12.8. The summed E-state index contributed by atoms with van der Waals surface area (Å²) < 4.78 is 18.5. The summed E-state index contributed by atoms with van der Waals surface area (Å²) in [4.78, 5) is 25.1. The molecule has 3 aromatic rings. The van der Waals surface area contributed by atoms with E-state index in [4.69, 9.17) is 25.8 Å². The fourth-order valence-electron chi connectivity index (χ4n) is 3.76. The standard InChI is InChI=1S/C25H24ClNO5/c1-16-13-20(17(2)27(16)12-11-18-7-9-19(26)10-8-18)21(28)14-31-25(29)24-15-30-22-5-3-4-6-23(22)32-24/h3-10,13,24H,11-12,14-15H2,1-2H3/t24-/m0/s1. The second-order valence-corrected chi connectivity index (χ2v) is 8.14. The van der Waals surface area contributed by atoms with Gasteiger partial charge < -0.3 is 18.8 Å². The minimum absolute atomic E-state index is 0.0449.